The monoisotopic (exact) mass is 350 g/mol. The molecule has 138 valence electrons. The van der Waals surface area contributed by atoms with E-state index in [0.717, 1.165) is 30.1 Å². The quantitative estimate of drug-likeness (QED) is 0.578. The van der Waals surface area contributed by atoms with Gasteiger partial charge in [-0.1, -0.05) is 0 Å². The van der Waals surface area contributed by atoms with E-state index in [1.54, 1.807) is 31.4 Å². The zero-order valence-corrected chi connectivity index (χ0v) is 15.0. The zero-order chi connectivity index (χ0) is 18.1. The summed E-state index contributed by atoms with van der Waals surface area (Å²) in [4.78, 5) is 25.1. The average molecular weight is 350 g/mol. The molecule has 2 atom stereocenters. The number of methoxy groups -OCH3 is 1. The Labute approximate surface area is 148 Å². The van der Waals surface area contributed by atoms with E-state index in [-0.39, 0.29) is 31.0 Å². The number of carbonyl (C=O) groups excluding carboxylic acids is 2. The van der Waals surface area contributed by atoms with Crippen molar-refractivity contribution in [3.8, 4) is 5.75 Å². The van der Waals surface area contributed by atoms with Crippen LogP contribution >= 0.6 is 0 Å². The first-order chi connectivity index (χ1) is 12.1. The molecule has 7 nitrogen and oxygen atoms in total. The number of rotatable bonds is 9. The first kappa shape index (κ1) is 19.2. The summed E-state index contributed by atoms with van der Waals surface area (Å²) in [6.45, 7) is 4.51. The molecule has 1 unspecified atom stereocenters. The molecule has 0 radical (unpaired) electrons. The van der Waals surface area contributed by atoms with E-state index in [1.807, 2.05) is 6.92 Å². The Morgan fingerprint density at radius 2 is 1.96 bits per heavy atom. The third-order valence-corrected chi connectivity index (χ3v) is 4.25. The molecule has 0 spiro atoms. The number of quaternary nitrogens is 1. The molecule has 0 bridgehead atoms. The minimum absolute atomic E-state index is 0.0513. The summed E-state index contributed by atoms with van der Waals surface area (Å²) in [6.07, 6.45) is 2.18. The Morgan fingerprint density at radius 3 is 2.56 bits per heavy atom. The van der Waals surface area contributed by atoms with E-state index in [0.29, 0.717) is 18.8 Å². The predicted molar refractivity (Wildman–Crippen MR) is 94.8 cm³/mol. The molecule has 1 aromatic carbocycles. The minimum Gasteiger partial charge on any atom is -0.497 e. The molecular formula is C18H28N3O4+. The van der Waals surface area contributed by atoms with Gasteiger partial charge in [-0.3, -0.25) is 9.59 Å². The average Bonchev–Trinajstić information content (AvgIpc) is 3.13. The minimum atomic E-state index is -0.117. The summed E-state index contributed by atoms with van der Waals surface area (Å²) >= 11 is 0. The van der Waals surface area contributed by atoms with Crippen LogP contribution in [0.1, 0.15) is 19.8 Å². The van der Waals surface area contributed by atoms with E-state index >= 15 is 0 Å². The number of benzene rings is 1. The van der Waals surface area contributed by atoms with Crippen molar-refractivity contribution in [2.75, 3.05) is 45.2 Å². The maximum atomic E-state index is 12.2. The fraction of sp³-hybridized carbons (Fsp3) is 0.556. The van der Waals surface area contributed by atoms with Gasteiger partial charge < -0.3 is 25.0 Å². The van der Waals surface area contributed by atoms with Crippen molar-refractivity contribution >= 4 is 17.5 Å². The zero-order valence-electron chi connectivity index (χ0n) is 15.0. The summed E-state index contributed by atoms with van der Waals surface area (Å²) in [5.74, 6) is 0.570. The summed E-state index contributed by atoms with van der Waals surface area (Å²) in [5, 5.41) is 5.74. The van der Waals surface area contributed by atoms with Crippen LogP contribution < -0.4 is 20.3 Å². The molecule has 7 heteroatoms. The second-order valence-electron chi connectivity index (χ2n) is 6.17. The van der Waals surface area contributed by atoms with Crippen molar-refractivity contribution < 1.29 is 24.0 Å². The van der Waals surface area contributed by atoms with Gasteiger partial charge in [0.2, 0.25) is 0 Å². The van der Waals surface area contributed by atoms with Crippen LogP contribution in [-0.2, 0) is 14.3 Å². The Hall–Kier alpha value is -2.12. The lowest BCUT2D eigenvalue weighted by molar-refractivity contribution is -0.881. The lowest BCUT2D eigenvalue weighted by Gasteiger charge is -2.18. The van der Waals surface area contributed by atoms with Crippen LogP contribution in [0.5, 0.6) is 5.75 Å². The first-order valence-corrected chi connectivity index (χ1v) is 8.76. The summed E-state index contributed by atoms with van der Waals surface area (Å²) in [6, 6.07) is 7.16. The number of carbonyl (C=O) groups is 2. The lowest BCUT2D eigenvalue weighted by Crippen LogP contribution is -3.14. The first-order valence-electron chi connectivity index (χ1n) is 8.76. The Kier molecular flexibility index (Phi) is 7.69. The van der Waals surface area contributed by atoms with Crippen molar-refractivity contribution in [1.82, 2.24) is 5.32 Å². The highest BCUT2D eigenvalue weighted by molar-refractivity contribution is 5.91. The molecule has 1 fully saturated rings. The smallest absolute Gasteiger partial charge is 0.279 e. The molecule has 2 amide bonds. The number of anilines is 1. The third-order valence-electron chi connectivity index (χ3n) is 4.25. The van der Waals surface area contributed by atoms with Crippen LogP contribution in [0.4, 0.5) is 5.69 Å². The highest BCUT2D eigenvalue weighted by atomic mass is 16.5. The standard InChI is InChI=1S/C18H27N3O4/c1-3-21(12-17(22)19-11-16-5-4-10-25-16)13-18(23)20-14-6-8-15(24-2)9-7-14/h6-9,16H,3-5,10-13H2,1-2H3,(H,19,22)(H,20,23)/p+1/t16-/m1/s1. The number of likely N-dealkylation sites (N-methyl/N-ethyl adjacent to an activating group) is 1. The Morgan fingerprint density at radius 1 is 1.24 bits per heavy atom. The van der Waals surface area contributed by atoms with E-state index < -0.39 is 0 Å². The van der Waals surface area contributed by atoms with Crippen molar-refractivity contribution in [2.45, 2.75) is 25.9 Å². The number of hydrogen-bond acceptors (Lipinski definition) is 4. The Bertz CT molecular complexity index is 556. The molecule has 1 aliphatic heterocycles. The van der Waals surface area contributed by atoms with Crippen LogP contribution in [0, 0.1) is 0 Å². The van der Waals surface area contributed by atoms with Gasteiger partial charge in [0.05, 0.1) is 19.8 Å². The number of hydrogen-bond donors (Lipinski definition) is 3. The second kappa shape index (κ2) is 10.0. The fourth-order valence-corrected chi connectivity index (χ4v) is 2.74. The fourth-order valence-electron chi connectivity index (χ4n) is 2.74. The predicted octanol–water partition coefficient (Wildman–Crippen LogP) is -0.166. The van der Waals surface area contributed by atoms with Crippen LogP contribution in [0.2, 0.25) is 0 Å². The van der Waals surface area contributed by atoms with Crippen molar-refractivity contribution in [2.24, 2.45) is 0 Å². The van der Waals surface area contributed by atoms with Crippen LogP contribution in [-0.4, -0.2) is 57.8 Å². The molecule has 1 aromatic rings. The number of nitrogens with one attached hydrogen (secondary N) is 3. The van der Waals surface area contributed by atoms with E-state index in [2.05, 4.69) is 10.6 Å². The summed E-state index contributed by atoms with van der Waals surface area (Å²) < 4.78 is 10.6. The van der Waals surface area contributed by atoms with E-state index in [9.17, 15) is 9.59 Å². The van der Waals surface area contributed by atoms with Gasteiger partial charge in [0.15, 0.2) is 13.1 Å². The van der Waals surface area contributed by atoms with Crippen molar-refractivity contribution in [1.29, 1.82) is 0 Å². The van der Waals surface area contributed by atoms with Gasteiger partial charge in [-0.05, 0) is 44.0 Å². The van der Waals surface area contributed by atoms with Crippen LogP contribution in [0.15, 0.2) is 24.3 Å². The van der Waals surface area contributed by atoms with E-state index in [4.69, 9.17) is 9.47 Å². The van der Waals surface area contributed by atoms with Crippen LogP contribution in [0.3, 0.4) is 0 Å². The van der Waals surface area contributed by atoms with Gasteiger partial charge in [-0.25, -0.2) is 0 Å². The molecule has 3 N–H and O–H groups in total. The Balaban J connectivity index is 1.73. The van der Waals surface area contributed by atoms with Gasteiger partial charge in [-0.2, -0.15) is 0 Å². The number of amides is 2. The topological polar surface area (TPSA) is 81.1 Å². The molecule has 0 saturated carbocycles. The molecule has 0 aromatic heterocycles. The normalized spacial score (nSPS) is 17.8. The SMILES string of the molecule is CC[NH+](CC(=O)NC[C@H]1CCCO1)CC(=O)Nc1ccc(OC)cc1. The molecule has 1 saturated heterocycles. The largest absolute Gasteiger partial charge is 0.497 e. The van der Waals surface area contributed by atoms with Gasteiger partial charge in [-0.15, -0.1) is 0 Å². The molecular weight excluding hydrogens is 322 g/mol. The van der Waals surface area contributed by atoms with E-state index in [1.165, 1.54) is 0 Å². The van der Waals surface area contributed by atoms with Crippen molar-refractivity contribution in [3.63, 3.8) is 0 Å². The van der Waals surface area contributed by atoms with Gasteiger partial charge in [0.25, 0.3) is 11.8 Å². The van der Waals surface area contributed by atoms with Crippen LogP contribution in [0.25, 0.3) is 0 Å². The second-order valence-corrected chi connectivity index (χ2v) is 6.17. The molecule has 25 heavy (non-hydrogen) atoms. The molecule has 2 rings (SSSR count). The summed E-state index contributed by atoms with van der Waals surface area (Å²) in [5.41, 5.74) is 0.712. The van der Waals surface area contributed by atoms with Gasteiger partial charge in [0.1, 0.15) is 5.75 Å². The highest BCUT2D eigenvalue weighted by Gasteiger charge is 2.19. The molecule has 0 aliphatic carbocycles. The van der Waals surface area contributed by atoms with Crippen molar-refractivity contribution in [3.05, 3.63) is 24.3 Å². The van der Waals surface area contributed by atoms with Gasteiger partial charge >= 0.3 is 0 Å². The maximum Gasteiger partial charge on any atom is 0.279 e. The lowest BCUT2D eigenvalue weighted by atomic mass is 10.2. The third kappa shape index (κ3) is 6.72. The molecule has 1 aliphatic rings. The summed E-state index contributed by atoms with van der Waals surface area (Å²) in [7, 11) is 1.60. The number of ether oxygens (including phenoxy) is 2. The molecule has 1 heterocycles. The highest BCUT2D eigenvalue weighted by Crippen LogP contribution is 2.14. The van der Waals surface area contributed by atoms with Gasteiger partial charge in [0, 0.05) is 18.8 Å². The maximum absolute atomic E-state index is 12.2.